The van der Waals surface area contributed by atoms with Crippen LogP contribution in [0.4, 0.5) is 0 Å². The lowest BCUT2D eigenvalue weighted by Crippen LogP contribution is -2.43. The second-order valence-corrected chi connectivity index (χ2v) is 5.56. The van der Waals surface area contributed by atoms with Crippen LogP contribution in [0.1, 0.15) is 36.1 Å². The van der Waals surface area contributed by atoms with E-state index in [4.69, 9.17) is 4.74 Å². The van der Waals surface area contributed by atoms with Gasteiger partial charge in [-0.15, -0.1) is 0 Å². The predicted molar refractivity (Wildman–Crippen MR) is 75.3 cm³/mol. The van der Waals surface area contributed by atoms with Crippen molar-refractivity contribution in [2.24, 2.45) is 0 Å². The van der Waals surface area contributed by atoms with Gasteiger partial charge in [0.25, 0.3) is 0 Å². The zero-order valence-corrected chi connectivity index (χ0v) is 11.7. The summed E-state index contributed by atoms with van der Waals surface area (Å²) < 4.78 is 5.01. The minimum Gasteiger partial charge on any atom is -0.468 e. The molecule has 1 aromatic heterocycles. The Labute approximate surface area is 113 Å². The highest BCUT2D eigenvalue weighted by Gasteiger charge is 2.46. The van der Waals surface area contributed by atoms with Gasteiger partial charge >= 0.3 is 5.97 Å². The zero-order chi connectivity index (χ0) is 13.6. The number of fused-ring (bicyclic) bond motifs is 1. The van der Waals surface area contributed by atoms with Crippen LogP contribution in [0.5, 0.6) is 0 Å². The minimum absolute atomic E-state index is 0.0944. The van der Waals surface area contributed by atoms with Gasteiger partial charge in [0.15, 0.2) is 0 Å². The number of esters is 1. The van der Waals surface area contributed by atoms with E-state index in [-0.39, 0.29) is 5.97 Å². The van der Waals surface area contributed by atoms with Gasteiger partial charge in [-0.25, -0.2) is 0 Å². The zero-order valence-electron chi connectivity index (χ0n) is 11.7. The molecule has 100 valence electrons. The van der Waals surface area contributed by atoms with Gasteiger partial charge in [0.1, 0.15) is 0 Å². The van der Waals surface area contributed by atoms with Crippen LogP contribution in [0.3, 0.4) is 0 Å². The fourth-order valence-corrected chi connectivity index (χ4v) is 3.10. The number of H-pyrrole nitrogens is 1. The number of benzene rings is 1. The quantitative estimate of drug-likeness (QED) is 0.838. The normalized spacial score (nSPS) is 17.2. The first-order valence-corrected chi connectivity index (χ1v) is 6.76. The molecular weight excluding hydrogens is 238 g/mol. The summed E-state index contributed by atoms with van der Waals surface area (Å²) in [5.74, 6) is -0.0944. The SMILES string of the molecule is COC(=O)C1(c2ccc3[nH]c(C)c(C)c3c2)CCC1. The molecule has 0 amide bonds. The Bertz CT molecular complexity index is 650. The molecule has 0 spiro atoms. The first-order chi connectivity index (χ1) is 9.08. The monoisotopic (exact) mass is 257 g/mol. The number of aromatic nitrogens is 1. The number of methoxy groups -OCH3 is 1. The lowest BCUT2D eigenvalue weighted by molar-refractivity contribution is -0.151. The Balaban J connectivity index is 2.14. The summed E-state index contributed by atoms with van der Waals surface area (Å²) in [6.45, 7) is 4.19. The molecule has 0 aliphatic heterocycles. The second-order valence-electron chi connectivity index (χ2n) is 5.56. The smallest absolute Gasteiger partial charge is 0.316 e. The molecule has 3 rings (SSSR count). The van der Waals surface area contributed by atoms with Gasteiger partial charge in [0.05, 0.1) is 12.5 Å². The Morgan fingerprint density at radius 3 is 2.63 bits per heavy atom. The molecule has 0 bridgehead atoms. The molecule has 0 radical (unpaired) electrons. The third-order valence-corrected chi connectivity index (χ3v) is 4.64. The van der Waals surface area contributed by atoms with Crippen molar-refractivity contribution < 1.29 is 9.53 Å². The molecule has 0 saturated heterocycles. The van der Waals surface area contributed by atoms with Crippen LogP contribution in [-0.2, 0) is 14.9 Å². The van der Waals surface area contributed by atoms with Crippen LogP contribution < -0.4 is 0 Å². The average Bonchev–Trinajstić information content (AvgIpc) is 2.64. The number of carbonyl (C=O) groups excluding carboxylic acids is 1. The molecule has 1 aliphatic carbocycles. The van der Waals surface area contributed by atoms with Crippen LogP contribution in [0.15, 0.2) is 18.2 Å². The average molecular weight is 257 g/mol. The van der Waals surface area contributed by atoms with Crippen LogP contribution >= 0.6 is 0 Å². The molecule has 1 heterocycles. The van der Waals surface area contributed by atoms with Crippen molar-refractivity contribution in [2.45, 2.75) is 38.5 Å². The highest BCUT2D eigenvalue weighted by molar-refractivity contribution is 5.89. The van der Waals surface area contributed by atoms with Crippen LogP contribution in [0.2, 0.25) is 0 Å². The maximum absolute atomic E-state index is 12.1. The summed E-state index contributed by atoms with van der Waals surface area (Å²) in [6, 6.07) is 6.30. The van der Waals surface area contributed by atoms with Crippen molar-refractivity contribution in [3.05, 3.63) is 35.0 Å². The Morgan fingerprint density at radius 2 is 2.05 bits per heavy atom. The van der Waals surface area contributed by atoms with Gasteiger partial charge in [-0.3, -0.25) is 4.79 Å². The van der Waals surface area contributed by atoms with E-state index in [0.717, 1.165) is 30.3 Å². The van der Waals surface area contributed by atoms with Gasteiger partial charge in [-0.1, -0.05) is 12.5 Å². The van der Waals surface area contributed by atoms with E-state index in [2.05, 4.69) is 37.0 Å². The van der Waals surface area contributed by atoms with E-state index in [1.54, 1.807) is 0 Å². The summed E-state index contributed by atoms with van der Waals surface area (Å²) in [6.07, 6.45) is 2.89. The molecule has 2 aromatic rings. The maximum atomic E-state index is 12.1. The highest BCUT2D eigenvalue weighted by Crippen LogP contribution is 2.45. The fraction of sp³-hybridized carbons (Fsp3) is 0.438. The van der Waals surface area contributed by atoms with E-state index >= 15 is 0 Å². The first kappa shape index (κ1) is 12.3. The third kappa shape index (κ3) is 1.61. The van der Waals surface area contributed by atoms with E-state index in [1.807, 2.05) is 0 Å². The van der Waals surface area contributed by atoms with Gasteiger partial charge < -0.3 is 9.72 Å². The van der Waals surface area contributed by atoms with Crippen molar-refractivity contribution in [3.8, 4) is 0 Å². The molecular formula is C16H19NO2. The van der Waals surface area contributed by atoms with Crippen molar-refractivity contribution >= 4 is 16.9 Å². The van der Waals surface area contributed by atoms with Crippen molar-refractivity contribution in [3.63, 3.8) is 0 Å². The van der Waals surface area contributed by atoms with Crippen molar-refractivity contribution in [2.75, 3.05) is 7.11 Å². The number of aryl methyl sites for hydroxylation is 2. The molecule has 1 fully saturated rings. The van der Waals surface area contributed by atoms with E-state index < -0.39 is 5.41 Å². The molecule has 1 saturated carbocycles. The Morgan fingerprint density at radius 1 is 1.32 bits per heavy atom. The molecule has 3 nitrogen and oxygen atoms in total. The number of hydrogen-bond acceptors (Lipinski definition) is 2. The van der Waals surface area contributed by atoms with Crippen LogP contribution in [0, 0.1) is 13.8 Å². The molecule has 0 atom stereocenters. The lowest BCUT2D eigenvalue weighted by atomic mass is 9.64. The Hall–Kier alpha value is -1.77. The summed E-state index contributed by atoms with van der Waals surface area (Å²) in [5.41, 5.74) is 4.28. The molecule has 1 aromatic carbocycles. The topological polar surface area (TPSA) is 42.1 Å². The summed E-state index contributed by atoms with van der Waals surface area (Å²) in [4.78, 5) is 15.5. The molecule has 3 heteroatoms. The van der Waals surface area contributed by atoms with Gasteiger partial charge in [0, 0.05) is 16.6 Å². The number of carbonyl (C=O) groups is 1. The summed E-state index contributed by atoms with van der Waals surface area (Å²) >= 11 is 0. The molecule has 19 heavy (non-hydrogen) atoms. The van der Waals surface area contributed by atoms with Crippen LogP contribution in [-0.4, -0.2) is 18.1 Å². The van der Waals surface area contributed by atoms with Crippen molar-refractivity contribution in [1.82, 2.24) is 4.98 Å². The second kappa shape index (κ2) is 4.12. The van der Waals surface area contributed by atoms with Crippen molar-refractivity contribution in [1.29, 1.82) is 0 Å². The number of nitrogens with one attached hydrogen (secondary N) is 1. The maximum Gasteiger partial charge on any atom is 0.316 e. The van der Waals surface area contributed by atoms with Gasteiger partial charge in [-0.05, 0) is 49.9 Å². The fourth-order valence-electron chi connectivity index (χ4n) is 3.10. The van der Waals surface area contributed by atoms with E-state index in [0.29, 0.717) is 0 Å². The minimum atomic E-state index is -0.402. The van der Waals surface area contributed by atoms with E-state index in [9.17, 15) is 4.79 Å². The molecule has 1 N–H and O–H groups in total. The molecule has 0 unspecified atom stereocenters. The third-order valence-electron chi connectivity index (χ3n) is 4.64. The van der Waals surface area contributed by atoms with Gasteiger partial charge in [0.2, 0.25) is 0 Å². The number of ether oxygens (including phenoxy) is 1. The molecule has 1 aliphatic rings. The summed E-state index contributed by atoms with van der Waals surface area (Å²) in [7, 11) is 1.48. The van der Waals surface area contributed by atoms with E-state index in [1.165, 1.54) is 23.8 Å². The van der Waals surface area contributed by atoms with Gasteiger partial charge in [-0.2, -0.15) is 0 Å². The standard InChI is InChI=1S/C16H19NO2/c1-10-11(2)17-14-6-5-12(9-13(10)14)16(7-4-8-16)15(18)19-3/h5-6,9,17H,4,7-8H2,1-3H3. The first-order valence-electron chi connectivity index (χ1n) is 6.76. The largest absolute Gasteiger partial charge is 0.468 e. The van der Waals surface area contributed by atoms with Crippen LogP contribution in [0.25, 0.3) is 10.9 Å². The number of aromatic amines is 1. The summed E-state index contributed by atoms with van der Waals surface area (Å²) in [5, 5.41) is 1.21. The number of hydrogen-bond donors (Lipinski definition) is 1. The lowest BCUT2D eigenvalue weighted by Gasteiger charge is -2.39. The number of rotatable bonds is 2. The predicted octanol–water partition coefficient (Wildman–Crippen LogP) is 3.38. The Kier molecular flexibility index (Phi) is 2.66. The highest BCUT2D eigenvalue weighted by atomic mass is 16.5.